The van der Waals surface area contributed by atoms with Gasteiger partial charge in [0.25, 0.3) is 5.91 Å². The summed E-state index contributed by atoms with van der Waals surface area (Å²) in [6.45, 7) is 0.848. The van der Waals surface area contributed by atoms with Gasteiger partial charge in [-0.1, -0.05) is 54.1 Å². The lowest BCUT2D eigenvalue weighted by molar-refractivity contribution is -0.146. The normalized spacial score (nSPS) is 17.2. The van der Waals surface area contributed by atoms with Gasteiger partial charge in [-0.3, -0.25) is 14.4 Å². The number of carboxylic acid groups (broad SMARTS) is 1. The third kappa shape index (κ3) is 5.58. The van der Waals surface area contributed by atoms with E-state index in [1.54, 1.807) is 24.3 Å². The number of carbonyl (C=O) groups excluding carboxylic acids is 2. The molecule has 30 heavy (non-hydrogen) atoms. The van der Waals surface area contributed by atoms with Gasteiger partial charge in [-0.15, -0.1) is 0 Å². The van der Waals surface area contributed by atoms with Crippen LogP contribution in [-0.2, 0) is 14.3 Å². The van der Waals surface area contributed by atoms with Crippen molar-refractivity contribution in [3.8, 4) is 0 Å². The average Bonchev–Trinajstić information content (AvgIpc) is 2.74. The third-order valence-electron chi connectivity index (χ3n) is 4.96. The Morgan fingerprint density at radius 3 is 2.53 bits per heavy atom. The van der Waals surface area contributed by atoms with Crippen LogP contribution in [0.2, 0.25) is 5.02 Å². The average molecular weight is 431 g/mol. The number of nitrogens with zero attached hydrogens (tertiary/aromatic N) is 1. The fourth-order valence-electron chi connectivity index (χ4n) is 3.46. The van der Waals surface area contributed by atoms with Gasteiger partial charge < -0.3 is 20.1 Å². The zero-order valence-corrected chi connectivity index (χ0v) is 17.0. The fourth-order valence-corrected chi connectivity index (χ4v) is 3.69. The summed E-state index contributed by atoms with van der Waals surface area (Å²) in [5.74, 6) is -1.61. The molecule has 0 saturated carbocycles. The molecule has 2 atom stereocenters. The first kappa shape index (κ1) is 21.8. The SMILES string of the molecule is O=C(O)CC1COCCN1C(=O)CC(NC(=O)c1ccccc1Cl)c1ccccc1. The molecule has 0 aliphatic carbocycles. The number of amides is 2. The quantitative estimate of drug-likeness (QED) is 0.704. The second-order valence-corrected chi connectivity index (χ2v) is 7.44. The molecule has 0 spiro atoms. The second-order valence-electron chi connectivity index (χ2n) is 7.03. The summed E-state index contributed by atoms with van der Waals surface area (Å²) in [6, 6.07) is 14.8. The van der Waals surface area contributed by atoms with Crippen LogP contribution in [-0.4, -0.2) is 53.6 Å². The van der Waals surface area contributed by atoms with Gasteiger partial charge in [0, 0.05) is 6.54 Å². The molecule has 0 bridgehead atoms. The predicted molar refractivity (Wildman–Crippen MR) is 111 cm³/mol. The van der Waals surface area contributed by atoms with Gasteiger partial charge in [0.1, 0.15) is 0 Å². The standard InChI is InChI=1S/C22H23ClN2O5/c23-18-9-5-4-8-17(18)22(29)24-19(15-6-2-1-3-7-15)13-20(26)25-10-11-30-14-16(25)12-21(27)28/h1-9,16,19H,10-14H2,(H,24,29)(H,27,28). The molecule has 2 aromatic rings. The van der Waals surface area contributed by atoms with Crippen LogP contribution in [0.5, 0.6) is 0 Å². The number of aliphatic carboxylic acids is 1. The minimum atomic E-state index is -0.991. The molecule has 0 radical (unpaired) electrons. The Hall–Kier alpha value is -2.90. The fraction of sp³-hybridized carbons (Fsp3) is 0.318. The lowest BCUT2D eigenvalue weighted by Crippen LogP contribution is -2.50. The van der Waals surface area contributed by atoms with E-state index in [9.17, 15) is 14.4 Å². The van der Waals surface area contributed by atoms with Crippen molar-refractivity contribution in [2.45, 2.75) is 24.9 Å². The smallest absolute Gasteiger partial charge is 0.305 e. The number of halogens is 1. The molecular weight excluding hydrogens is 408 g/mol. The molecule has 2 aromatic carbocycles. The molecule has 8 heteroatoms. The van der Waals surface area contributed by atoms with E-state index < -0.39 is 18.1 Å². The number of carboxylic acids is 1. The van der Waals surface area contributed by atoms with Gasteiger partial charge in [0.05, 0.1) is 48.7 Å². The Morgan fingerprint density at radius 1 is 1.13 bits per heavy atom. The predicted octanol–water partition coefficient (Wildman–Crippen LogP) is 2.90. The summed E-state index contributed by atoms with van der Waals surface area (Å²) < 4.78 is 5.35. The number of ether oxygens (including phenoxy) is 1. The van der Waals surface area contributed by atoms with Gasteiger partial charge in [0.2, 0.25) is 5.91 Å². The molecule has 7 nitrogen and oxygen atoms in total. The first-order valence-corrected chi connectivity index (χ1v) is 10.0. The van der Waals surface area contributed by atoms with Crippen molar-refractivity contribution in [3.05, 3.63) is 70.7 Å². The molecule has 0 aromatic heterocycles. The lowest BCUT2D eigenvalue weighted by atomic mass is 10.0. The summed E-state index contributed by atoms with van der Waals surface area (Å²) in [5, 5.41) is 12.4. The second kappa shape index (κ2) is 10.2. The zero-order valence-electron chi connectivity index (χ0n) is 16.3. The number of nitrogens with one attached hydrogen (secondary N) is 1. The zero-order chi connectivity index (χ0) is 21.5. The summed E-state index contributed by atoms with van der Waals surface area (Å²) in [7, 11) is 0. The number of rotatable bonds is 7. The molecule has 3 rings (SSSR count). The van der Waals surface area contributed by atoms with Crippen LogP contribution in [0.15, 0.2) is 54.6 Å². The van der Waals surface area contributed by atoms with Crippen molar-refractivity contribution in [3.63, 3.8) is 0 Å². The number of benzene rings is 2. The van der Waals surface area contributed by atoms with Crippen molar-refractivity contribution in [1.82, 2.24) is 10.2 Å². The minimum Gasteiger partial charge on any atom is -0.481 e. The van der Waals surface area contributed by atoms with E-state index in [4.69, 9.17) is 21.4 Å². The monoisotopic (exact) mass is 430 g/mol. The van der Waals surface area contributed by atoms with Crippen molar-refractivity contribution in [2.75, 3.05) is 19.8 Å². The van der Waals surface area contributed by atoms with Gasteiger partial charge in [0.15, 0.2) is 0 Å². The van der Waals surface area contributed by atoms with E-state index in [1.165, 1.54) is 4.90 Å². The third-order valence-corrected chi connectivity index (χ3v) is 5.29. The summed E-state index contributed by atoms with van der Waals surface area (Å²) in [5.41, 5.74) is 1.09. The number of morpholine rings is 1. The minimum absolute atomic E-state index is 0.00365. The maximum absolute atomic E-state index is 13.1. The topological polar surface area (TPSA) is 95.9 Å². The van der Waals surface area contributed by atoms with Crippen LogP contribution < -0.4 is 5.32 Å². The molecule has 1 fully saturated rings. The molecule has 2 unspecified atom stereocenters. The van der Waals surface area contributed by atoms with E-state index in [0.717, 1.165) is 5.56 Å². The number of hydrogen-bond donors (Lipinski definition) is 2. The van der Waals surface area contributed by atoms with Crippen molar-refractivity contribution in [1.29, 1.82) is 0 Å². The Morgan fingerprint density at radius 2 is 1.83 bits per heavy atom. The molecule has 1 aliphatic rings. The Labute approximate surface area is 179 Å². The van der Waals surface area contributed by atoms with Crippen LogP contribution >= 0.6 is 11.6 Å². The van der Waals surface area contributed by atoms with Crippen LogP contribution in [0.4, 0.5) is 0 Å². The van der Waals surface area contributed by atoms with Crippen LogP contribution in [0.1, 0.15) is 34.8 Å². The number of hydrogen-bond acceptors (Lipinski definition) is 4. The van der Waals surface area contributed by atoms with Crippen LogP contribution in [0.25, 0.3) is 0 Å². The molecule has 1 aliphatic heterocycles. The largest absolute Gasteiger partial charge is 0.481 e. The van der Waals surface area contributed by atoms with E-state index >= 15 is 0 Å². The Balaban J connectivity index is 1.79. The van der Waals surface area contributed by atoms with E-state index in [2.05, 4.69) is 5.32 Å². The summed E-state index contributed by atoms with van der Waals surface area (Å²) in [6.07, 6.45) is -0.190. The molecule has 2 amide bonds. The molecule has 2 N–H and O–H groups in total. The van der Waals surface area contributed by atoms with Gasteiger partial charge in [-0.25, -0.2) is 0 Å². The van der Waals surface area contributed by atoms with E-state index in [-0.39, 0.29) is 31.3 Å². The van der Waals surface area contributed by atoms with Gasteiger partial charge in [-0.2, -0.15) is 0 Å². The van der Waals surface area contributed by atoms with Crippen LogP contribution in [0, 0.1) is 0 Å². The van der Waals surface area contributed by atoms with Crippen molar-refractivity contribution >= 4 is 29.4 Å². The highest BCUT2D eigenvalue weighted by Gasteiger charge is 2.31. The van der Waals surface area contributed by atoms with Crippen molar-refractivity contribution in [2.24, 2.45) is 0 Å². The molecular formula is C22H23ClN2O5. The van der Waals surface area contributed by atoms with Gasteiger partial charge >= 0.3 is 5.97 Å². The van der Waals surface area contributed by atoms with Crippen molar-refractivity contribution < 1.29 is 24.2 Å². The first-order valence-electron chi connectivity index (χ1n) is 9.65. The highest BCUT2D eigenvalue weighted by molar-refractivity contribution is 6.33. The Bertz CT molecular complexity index is 905. The summed E-state index contributed by atoms with van der Waals surface area (Å²) >= 11 is 6.14. The van der Waals surface area contributed by atoms with Crippen LogP contribution in [0.3, 0.4) is 0 Å². The van der Waals surface area contributed by atoms with Gasteiger partial charge in [-0.05, 0) is 17.7 Å². The van der Waals surface area contributed by atoms with E-state index in [1.807, 2.05) is 30.3 Å². The summed E-state index contributed by atoms with van der Waals surface area (Å²) in [4.78, 5) is 38.5. The maximum atomic E-state index is 13.1. The molecule has 158 valence electrons. The maximum Gasteiger partial charge on any atom is 0.305 e. The number of carbonyl (C=O) groups is 3. The van der Waals surface area contributed by atoms with E-state index in [0.29, 0.717) is 23.7 Å². The highest BCUT2D eigenvalue weighted by atomic mass is 35.5. The highest BCUT2D eigenvalue weighted by Crippen LogP contribution is 2.23. The molecule has 1 heterocycles. The Kier molecular flexibility index (Phi) is 7.43. The first-order chi connectivity index (χ1) is 14.5. The molecule has 1 saturated heterocycles. The lowest BCUT2D eigenvalue weighted by Gasteiger charge is -2.35.